The molecule has 0 spiro atoms. The van der Waals surface area contributed by atoms with Crippen molar-refractivity contribution in [2.75, 3.05) is 0 Å². The van der Waals surface area contributed by atoms with Gasteiger partial charge in [0.25, 0.3) is 0 Å². The minimum Gasteiger partial charge on any atom is -0.507 e. The topological polar surface area (TPSA) is 46.2 Å². The Hall–Kier alpha value is -0.680. The van der Waals surface area contributed by atoms with E-state index in [0.29, 0.717) is 0 Å². The van der Waals surface area contributed by atoms with E-state index < -0.39 is 17.4 Å². The van der Waals surface area contributed by atoms with E-state index in [1.54, 1.807) is 0 Å². The number of rotatable bonds is 1. The van der Waals surface area contributed by atoms with Crippen LogP contribution in [0, 0.1) is 11.6 Å². The first kappa shape index (κ1) is 9.41. The van der Waals surface area contributed by atoms with E-state index in [0.717, 1.165) is 6.07 Å². The van der Waals surface area contributed by atoms with Crippen LogP contribution < -0.4 is 5.73 Å². The van der Waals surface area contributed by atoms with Crippen molar-refractivity contribution < 1.29 is 13.9 Å². The third-order valence-electron chi connectivity index (χ3n) is 1.44. The fraction of sp³-hybridized carbons (Fsp3) is 0.143. The number of phenolic OH excluding ortho intramolecular Hbond substituents is 1. The maximum absolute atomic E-state index is 13.0. The van der Waals surface area contributed by atoms with Gasteiger partial charge in [-0.15, -0.1) is 0 Å². The van der Waals surface area contributed by atoms with Gasteiger partial charge in [0.2, 0.25) is 0 Å². The molecule has 5 heteroatoms. The molecule has 1 aromatic rings. The summed E-state index contributed by atoms with van der Waals surface area (Å²) in [5.41, 5.74) is 4.85. The zero-order chi connectivity index (χ0) is 9.30. The lowest BCUT2D eigenvalue weighted by Gasteiger charge is -2.04. The van der Waals surface area contributed by atoms with Crippen molar-refractivity contribution in [2.45, 2.75) is 6.54 Å². The Balaban J connectivity index is 3.40. The number of hydrogen-bond acceptors (Lipinski definition) is 2. The zero-order valence-electron chi connectivity index (χ0n) is 5.94. The van der Waals surface area contributed by atoms with Crippen molar-refractivity contribution in [3.8, 4) is 5.75 Å². The maximum Gasteiger partial charge on any atom is 0.148 e. The molecule has 0 saturated carbocycles. The van der Waals surface area contributed by atoms with Crippen LogP contribution in [0.4, 0.5) is 8.78 Å². The Morgan fingerprint density at radius 3 is 2.58 bits per heavy atom. The molecule has 0 unspecified atom stereocenters. The lowest BCUT2D eigenvalue weighted by Crippen LogP contribution is -2.03. The number of aromatic hydroxyl groups is 1. The highest BCUT2D eigenvalue weighted by atomic mass is 79.9. The Morgan fingerprint density at radius 2 is 2.08 bits per heavy atom. The average molecular weight is 238 g/mol. The van der Waals surface area contributed by atoms with Crippen molar-refractivity contribution in [3.05, 3.63) is 27.7 Å². The predicted octanol–water partition coefficient (Wildman–Crippen LogP) is 1.89. The normalized spacial score (nSPS) is 10.3. The van der Waals surface area contributed by atoms with Gasteiger partial charge in [0, 0.05) is 18.2 Å². The van der Waals surface area contributed by atoms with Gasteiger partial charge in [0.05, 0.1) is 4.47 Å². The lowest BCUT2D eigenvalue weighted by atomic mass is 10.2. The third kappa shape index (κ3) is 1.42. The van der Waals surface area contributed by atoms with Gasteiger partial charge < -0.3 is 10.8 Å². The standard InChI is InChI=1S/C7H6BrF2NO/c8-6-5(12)1-4(9)3(2-11)7(6)10/h1,12H,2,11H2. The molecule has 0 aliphatic heterocycles. The summed E-state index contributed by atoms with van der Waals surface area (Å²) in [6.07, 6.45) is 0. The maximum atomic E-state index is 13.0. The molecule has 66 valence electrons. The van der Waals surface area contributed by atoms with Crippen LogP contribution in [0.1, 0.15) is 5.56 Å². The molecular weight excluding hydrogens is 232 g/mol. The Labute approximate surface area is 76.1 Å². The van der Waals surface area contributed by atoms with Gasteiger partial charge in [0.15, 0.2) is 0 Å². The highest BCUT2D eigenvalue weighted by Crippen LogP contribution is 2.30. The molecule has 3 N–H and O–H groups in total. The summed E-state index contributed by atoms with van der Waals surface area (Å²) in [5.74, 6) is -2.16. The first-order valence-electron chi connectivity index (χ1n) is 3.13. The van der Waals surface area contributed by atoms with Gasteiger partial charge in [0.1, 0.15) is 17.4 Å². The third-order valence-corrected chi connectivity index (χ3v) is 2.19. The van der Waals surface area contributed by atoms with Crippen LogP contribution in [0.15, 0.2) is 10.5 Å². The summed E-state index contributed by atoms with van der Waals surface area (Å²) in [5, 5.41) is 8.93. The second kappa shape index (κ2) is 3.37. The van der Waals surface area contributed by atoms with Crippen molar-refractivity contribution in [1.29, 1.82) is 0 Å². The zero-order valence-corrected chi connectivity index (χ0v) is 7.53. The van der Waals surface area contributed by atoms with E-state index in [1.165, 1.54) is 0 Å². The molecule has 0 radical (unpaired) electrons. The van der Waals surface area contributed by atoms with E-state index in [-0.39, 0.29) is 16.6 Å². The van der Waals surface area contributed by atoms with Crippen LogP contribution in [0.25, 0.3) is 0 Å². The Kier molecular flexibility index (Phi) is 2.64. The van der Waals surface area contributed by atoms with Gasteiger partial charge in [-0.05, 0) is 15.9 Å². The highest BCUT2D eigenvalue weighted by Gasteiger charge is 2.14. The highest BCUT2D eigenvalue weighted by molar-refractivity contribution is 9.10. The number of hydrogen-bond donors (Lipinski definition) is 2. The van der Waals surface area contributed by atoms with Crippen molar-refractivity contribution in [1.82, 2.24) is 0 Å². The second-order valence-electron chi connectivity index (χ2n) is 2.19. The van der Waals surface area contributed by atoms with Gasteiger partial charge >= 0.3 is 0 Å². The molecule has 2 nitrogen and oxygen atoms in total. The van der Waals surface area contributed by atoms with Crippen LogP contribution >= 0.6 is 15.9 Å². The predicted molar refractivity (Wildman–Crippen MR) is 43.6 cm³/mol. The summed E-state index contributed by atoms with van der Waals surface area (Å²) in [6.45, 7) is -0.240. The smallest absolute Gasteiger partial charge is 0.148 e. The van der Waals surface area contributed by atoms with E-state index in [4.69, 9.17) is 10.8 Å². The van der Waals surface area contributed by atoms with Crippen LogP contribution in [0.3, 0.4) is 0 Å². The summed E-state index contributed by atoms with van der Waals surface area (Å²) >= 11 is 2.76. The van der Waals surface area contributed by atoms with Crippen LogP contribution in [0.2, 0.25) is 0 Å². The summed E-state index contributed by atoms with van der Waals surface area (Å²) < 4.78 is 25.6. The first-order valence-corrected chi connectivity index (χ1v) is 3.92. The van der Waals surface area contributed by atoms with Crippen LogP contribution in [-0.2, 0) is 6.54 Å². The molecule has 1 rings (SSSR count). The molecule has 0 aromatic heterocycles. The molecule has 1 aromatic carbocycles. The lowest BCUT2D eigenvalue weighted by molar-refractivity contribution is 0.451. The molecule has 0 heterocycles. The van der Waals surface area contributed by atoms with Crippen molar-refractivity contribution in [2.24, 2.45) is 5.73 Å². The molecule has 0 aliphatic rings. The fourth-order valence-corrected chi connectivity index (χ4v) is 1.16. The Bertz CT molecular complexity index is 317. The molecule has 0 amide bonds. The molecule has 0 saturated heterocycles. The number of halogens is 3. The fourth-order valence-electron chi connectivity index (χ4n) is 0.807. The van der Waals surface area contributed by atoms with Crippen LogP contribution in [-0.4, -0.2) is 5.11 Å². The minimum absolute atomic E-state index is 0.163. The second-order valence-corrected chi connectivity index (χ2v) is 2.98. The van der Waals surface area contributed by atoms with Crippen molar-refractivity contribution >= 4 is 15.9 Å². The molecule has 0 aliphatic carbocycles. The van der Waals surface area contributed by atoms with Crippen molar-refractivity contribution in [3.63, 3.8) is 0 Å². The van der Waals surface area contributed by atoms with E-state index in [2.05, 4.69) is 15.9 Å². The molecule has 0 fully saturated rings. The van der Waals surface area contributed by atoms with Gasteiger partial charge in [-0.2, -0.15) is 0 Å². The van der Waals surface area contributed by atoms with E-state index in [1.807, 2.05) is 0 Å². The number of phenols is 1. The average Bonchev–Trinajstić information content (AvgIpc) is 2.01. The van der Waals surface area contributed by atoms with Gasteiger partial charge in [-0.25, -0.2) is 8.78 Å². The van der Waals surface area contributed by atoms with Crippen LogP contribution in [0.5, 0.6) is 5.75 Å². The van der Waals surface area contributed by atoms with Gasteiger partial charge in [-0.3, -0.25) is 0 Å². The molecule has 0 atom stereocenters. The SMILES string of the molecule is NCc1c(F)cc(O)c(Br)c1F. The van der Waals surface area contributed by atoms with E-state index >= 15 is 0 Å². The van der Waals surface area contributed by atoms with Gasteiger partial charge in [-0.1, -0.05) is 0 Å². The largest absolute Gasteiger partial charge is 0.507 e. The number of benzene rings is 1. The molecular formula is C7H6BrF2NO. The Morgan fingerprint density at radius 1 is 1.50 bits per heavy atom. The quantitative estimate of drug-likeness (QED) is 0.734. The summed E-state index contributed by atoms with van der Waals surface area (Å²) in [4.78, 5) is 0. The first-order chi connectivity index (χ1) is 5.57. The minimum atomic E-state index is -0.852. The number of nitrogens with two attached hydrogens (primary N) is 1. The monoisotopic (exact) mass is 237 g/mol. The summed E-state index contributed by atoms with van der Waals surface area (Å²) in [7, 11) is 0. The molecule has 12 heavy (non-hydrogen) atoms. The molecule has 0 bridgehead atoms. The summed E-state index contributed by atoms with van der Waals surface area (Å²) in [6, 6.07) is 0.815. The van der Waals surface area contributed by atoms with E-state index in [9.17, 15) is 8.78 Å².